The molecule has 2 aromatic heterocycles. The first-order valence-corrected chi connectivity index (χ1v) is 10.0. The Bertz CT molecular complexity index is 631. The monoisotopic (exact) mass is 414 g/mol. The summed E-state index contributed by atoms with van der Waals surface area (Å²) < 4.78 is 1.08. The van der Waals surface area contributed by atoms with E-state index < -0.39 is 22.4 Å². The lowest BCUT2D eigenvalue weighted by Gasteiger charge is -1.97. The van der Waals surface area contributed by atoms with Gasteiger partial charge in [-0.3, -0.25) is 9.59 Å². The molecule has 8 nitrogen and oxygen atoms in total. The Labute approximate surface area is 150 Å². The predicted molar refractivity (Wildman–Crippen MR) is 90.3 cm³/mol. The number of aliphatic carboxylic acids is 2. The summed E-state index contributed by atoms with van der Waals surface area (Å²) in [4.78, 5) is 21.6. The third-order valence-corrected chi connectivity index (χ3v) is 8.17. The lowest BCUT2D eigenvalue weighted by Crippen LogP contribution is -2.04. The van der Waals surface area contributed by atoms with Gasteiger partial charge < -0.3 is 10.2 Å². The quantitative estimate of drug-likeness (QED) is 0.396. The summed E-state index contributed by atoms with van der Waals surface area (Å²) in [6.45, 7) is 0. The maximum Gasteiger partial charge on any atom is 0.323 e. The maximum absolute atomic E-state index is 10.8. The molecule has 2 N–H and O–H groups in total. The Morgan fingerprint density at radius 2 is 1.23 bits per heavy atom. The Balaban J connectivity index is 1.96. The first kappa shape index (κ1) is 17.8. The van der Waals surface area contributed by atoms with Crippen molar-refractivity contribution >= 4 is 81.5 Å². The highest BCUT2D eigenvalue weighted by Crippen LogP contribution is 2.42. The fourth-order valence-corrected chi connectivity index (χ4v) is 5.47. The highest BCUT2D eigenvalue weighted by atomic mass is 33.1. The molecule has 118 valence electrons. The molecule has 2 rings (SSSR count). The molecular formula is C8H6N4O4S6. The first-order chi connectivity index (χ1) is 10.4. The Morgan fingerprint density at radius 1 is 0.864 bits per heavy atom. The molecule has 0 saturated heterocycles. The van der Waals surface area contributed by atoms with E-state index in [0.717, 1.165) is 22.7 Å². The van der Waals surface area contributed by atoms with Crippen LogP contribution in [0.3, 0.4) is 0 Å². The molecule has 0 spiro atoms. The molecule has 2 aromatic rings. The second-order valence-electron chi connectivity index (χ2n) is 3.46. The van der Waals surface area contributed by atoms with Gasteiger partial charge in [0.25, 0.3) is 0 Å². The van der Waals surface area contributed by atoms with Crippen molar-refractivity contribution in [3.63, 3.8) is 0 Å². The number of thiol groups is 2. The van der Waals surface area contributed by atoms with E-state index >= 15 is 0 Å². The highest BCUT2D eigenvalue weighted by Gasteiger charge is 2.22. The molecule has 0 radical (unpaired) electrons. The largest absolute Gasteiger partial charge is 0.480 e. The number of carboxylic acid groups (broad SMARTS) is 2. The van der Waals surface area contributed by atoms with Crippen molar-refractivity contribution < 1.29 is 19.8 Å². The van der Waals surface area contributed by atoms with Gasteiger partial charge in [-0.15, -0.1) is 20.4 Å². The smallest absolute Gasteiger partial charge is 0.323 e. The van der Waals surface area contributed by atoms with Crippen LogP contribution in [0, 0.1) is 0 Å². The van der Waals surface area contributed by atoms with Crippen molar-refractivity contribution in [2.24, 2.45) is 0 Å². The van der Waals surface area contributed by atoms with Crippen LogP contribution >= 0.6 is 69.5 Å². The summed E-state index contributed by atoms with van der Waals surface area (Å²) in [5.74, 6) is -2.18. The summed E-state index contributed by atoms with van der Waals surface area (Å²) >= 11 is 10.1. The van der Waals surface area contributed by atoms with Crippen molar-refractivity contribution in [3.8, 4) is 0 Å². The molecule has 0 aromatic carbocycles. The molecule has 0 saturated carbocycles. The Morgan fingerprint density at radius 3 is 1.55 bits per heavy atom. The van der Waals surface area contributed by atoms with E-state index in [1.807, 2.05) is 0 Å². The molecule has 0 bridgehead atoms. The first-order valence-electron chi connectivity index (χ1n) is 5.21. The van der Waals surface area contributed by atoms with Gasteiger partial charge in [0.1, 0.15) is 10.0 Å². The molecular weight excluding hydrogens is 409 g/mol. The zero-order valence-corrected chi connectivity index (χ0v) is 15.2. The average Bonchev–Trinajstić information content (AvgIpc) is 3.12. The van der Waals surface area contributed by atoms with Crippen LogP contribution in [0.15, 0.2) is 8.68 Å². The van der Waals surface area contributed by atoms with Crippen LogP contribution in [0.5, 0.6) is 0 Å². The van der Waals surface area contributed by atoms with E-state index in [4.69, 9.17) is 10.2 Å². The third kappa shape index (κ3) is 4.48. The van der Waals surface area contributed by atoms with Crippen molar-refractivity contribution in [2.45, 2.75) is 19.2 Å². The Hall–Kier alpha value is -0.540. The summed E-state index contributed by atoms with van der Waals surface area (Å²) in [6.07, 6.45) is 0. The van der Waals surface area contributed by atoms with E-state index in [9.17, 15) is 9.59 Å². The van der Waals surface area contributed by atoms with Crippen molar-refractivity contribution in [3.05, 3.63) is 10.0 Å². The van der Waals surface area contributed by atoms with Crippen molar-refractivity contribution in [1.82, 2.24) is 20.4 Å². The maximum atomic E-state index is 10.8. The van der Waals surface area contributed by atoms with Gasteiger partial charge in [-0.25, -0.2) is 0 Å². The molecule has 0 amide bonds. The van der Waals surface area contributed by atoms with Crippen LogP contribution in [0.25, 0.3) is 0 Å². The van der Waals surface area contributed by atoms with Gasteiger partial charge in [0.15, 0.2) is 19.2 Å². The van der Waals surface area contributed by atoms with Crippen LogP contribution in [0.4, 0.5) is 0 Å². The molecule has 0 fully saturated rings. The number of carboxylic acids is 2. The third-order valence-electron chi connectivity index (χ3n) is 1.96. The van der Waals surface area contributed by atoms with Crippen LogP contribution < -0.4 is 0 Å². The summed E-state index contributed by atoms with van der Waals surface area (Å²) in [6, 6.07) is 0. The fourth-order valence-electron chi connectivity index (χ4n) is 1.01. The minimum Gasteiger partial charge on any atom is -0.480 e. The lowest BCUT2D eigenvalue weighted by atomic mass is 10.4. The van der Waals surface area contributed by atoms with Gasteiger partial charge in [-0.1, -0.05) is 22.7 Å². The second-order valence-corrected chi connectivity index (χ2v) is 9.14. The van der Waals surface area contributed by atoms with E-state index in [-0.39, 0.29) is 10.0 Å². The number of aromatic nitrogens is 4. The normalized spacial score (nSPS) is 13.7. The van der Waals surface area contributed by atoms with Gasteiger partial charge >= 0.3 is 11.9 Å². The second kappa shape index (κ2) is 7.83. The minimum absolute atomic E-state index is 0.290. The van der Waals surface area contributed by atoms with Crippen LogP contribution in [0.2, 0.25) is 0 Å². The molecule has 0 aliphatic heterocycles. The summed E-state index contributed by atoms with van der Waals surface area (Å²) in [5.41, 5.74) is 0. The number of nitrogens with zero attached hydrogens (tertiary/aromatic N) is 4. The van der Waals surface area contributed by atoms with Crippen molar-refractivity contribution in [1.29, 1.82) is 0 Å². The number of rotatable bonds is 7. The number of hydrogen-bond acceptors (Lipinski definition) is 12. The molecule has 2 heterocycles. The zero-order chi connectivity index (χ0) is 16.3. The van der Waals surface area contributed by atoms with Crippen LogP contribution in [0.1, 0.15) is 20.5 Å². The van der Waals surface area contributed by atoms with Crippen LogP contribution in [-0.2, 0) is 9.59 Å². The topological polar surface area (TPSA) is 126 Å². The molecule has 2 unspecified atom stereocenters. The zero-order valence-electron chi connectivity index (χ0n) is 10.2. The van der Waals surface area contributed by atoms with E-state index in [1.54, 1.807) is 0 Å². The predicted octanol–water partition coefficient (Wildman–Crippen LogP) is 2.30. The summed E-state index contributed by atoms with van der Waals surface area (Å²) in [5, 5.41) is 31.4. The van der Waals surface area contributed by atoms with Crippen LogP contribution in [-0.4, -0.2) is 42.5 Å². The molecule has 2 atom stereocenters. The SMILES string of the molecule is O=C(O)C(S)c1nnc(SSc2nnc(C(S)C(=O)O)s2)s1. The highest BCUT2D eigenvalue weighted by molar-refractivity contribution is 8.77. The molecule has 0 aliphatic rings. The molecule has 14 heteroatoms. The van der Waals surface area contributed by atoms with Gasteiger partial charge in [-0.2, -0.15) is 25.3 Å². The van der Waals surface area contributed by atoms with E-state index in [0.29, 0.717) is 8.68 Å². The number of hydrogen-bond donors (Lipinski definition) is 4. The lowest BCUT2D eigenvalue weighted by molar-refractivity contribution is -0.137. The van der Waals surface area contributed by atoms with Gasteiger partial charge in [0.05, 0.1) is 0 Å². The van der Waals surface area contributed by atoms with E-state index in [1.165, 1.54) is 21.6 Å². The van der Waals surface area contributed by atoms with Crippen molar-refractivity contribution in [2.75, 3.05) is 0 Å². The fraction of sp³-hybridized carbons (Fsp3) is 0.250. The number of carbonyl (C=O) groups is 2. The average molecular weight is 415 g/mol. The molecule has 0 aliphatic carbocycles. The van der Waals surface area contributed by atoms with Gasteiger partial charge in [0.2, 0.25) is 0 Å². The Kier molecular flexibility index (Phi) is 6.34. The van der Waals surface area contributed by atoms with E-state index in [2.05, 4.69) is 45.7 Å². The van der Waals surface area contributed by atoms with Gasteiger partial charge in [0, 0.05) is 0 Å². The summed E-state index contributed by atoms with van der Waals surface area (Å²) in [7, 11) is 2.45. The molecule has 22 heavy (non-hydrogen) atoms. The van der Waals surface area contributed by atoms with Gasteiger partial charge in [-0.05, 0) is 21.6 Å². The minimum atomic E-state index is -1.09. The standard InChI is InChI=1S/C8H6N4O4S6/c13-5(14)1(17)3-9-11-7(19-3)21-22-8-12-10-4(20-8)2(18)6(15)16/h1-2,17-18H,(H,13,14)(H,15,16).